The Morgan fingerprint density at radius 3 is 2.30 bits per heavy atom. The van der Waals surface area contributed by atoms with Crippen LogP contribution in [-0.4, -0.2) is 48.1 Å². The molecule has 2 aromatic rings. The molecule has 1 fully saturated rings. The van der Waals surface area contributed by atoms with Crippen LogP contribution < -0.4 is 10.6 Å². The molecule has 2 N–H and O–H groups in total. The van der Waals surface area contributed by atoms with Crippen molar-refractivity contribution in [3.05, 3.63) is 42.1 Å². The zero-order chi connectivity index (χ0) is 15.5. The van der Waals surface area contributed by atoms with Gasteiger partial charge in [0.1, 0.15) is 0 Å². The second kappa shape index (κ2) is 7.73. The van der Waals surface area contributed by atoms with Crippen LogP contribution in [0.1, 0.15) is 18.5 Å². The summed E-state index contributed by atoms with van der Waals surface area (Å²) in [6.45, 7) is 6.05. The molecule has 1 aliphatic rings. The highest BCUT2D eigenvalue weighted by atomic mass is 35.5. The van der Waals surface area contributed by atoms with E-state index >= 15 is 0 Å². The maximum Gasteiger partial charge on any atom is 0.225 e. The summed E-state index contributed by atoms with van der Waals surface area (Å²) in [5, 5.41) is 0. The predicted molar refractivity (Wildman–Crippen MR) is 97.0 cm³/mol. The van der Waals surface area contributed by atoms with E-state index in [0.717, 1.165) is 48.9 Å². The van der Waals surface area contributed by atoms with Gasteiger partial charge in [0.25, 0.3) is 0 Å². The molecule has 124 valence electrons. The molecule has 0 radical (unpaired) electrons. The number of likely N-dealkylation sites (N-methyl/N-ethyl adjacent to an activating group) is 1. The normalized spacial score (nSPS) is 16.7. The largest absolute Gasteiger partial charge is 0.338 e. The molecule has 0 aliphatic carbocycles. The first-order chi connectivity index (χ1) is 10.6. The highest BCUT2D eigenvalue weighted by Crippen LogP contribution is 2.21. The highest BCUT2D eigenvalue weighted by Gasteiger charge is 2.16. The average molecular weight is 334 g/mol. The Morgan fingerprint density at radius 1 is 1.04 bits per heavy atom. The van der Waals surface area contributed by atoms with Crippen LogP contribution in [0.4, 0.5) is 5.95 Å². The minimum atomic E-state index is 0. The van der Waals surface area contributed by atoms with Crippen LogP contribution in [0, 0.1) is 0 Å². The molecular weight excluding hydrogens is 310 g/mol. The molecule has 0 saturated carbocycles. The maximum absolute atomic E-state index is 5.90. The monoisotopic (exact) mass is 333 g/mol. The molecule has 1 aliphatic heterocycles. The Morgan fingerprint density at radius 2 is 1.70 bits per heavy atom. The summed E-state index contributed by atoms with van der Waals surface area (Å²) in [5.41, 5.74) is 9.09. The van der Waals surface area contributed by atoms with Crippen molar-refractivity contribution in [2.24, 2.45) is 5.73 Å². The Bertz CT molecular complexity index is 621. The molecule has 23 heavy (non-hydrogen) atoms. The van der Waals surface area contributed by atoms with Crippen LogP contribution in [0.5, 0.6) is 0 Å². The van der Waals surface area contributed by atoms with E-state index in [1.54, 1.807) is 0 Å². The first kappa shape index (κ1) is 17.7. The third-order valence-corrected chi connectivity index (χ3v) is 4.16. The van der Waals surface area contributed by atoms with E-state index in [9.17, 15) is 0 Å². The van der Waals surface area contributed by atoms with Crippen molar-refractivity contribution >= 4 is 18.4 Å². The first-order valence-electron chi connectivity index (χ1n) is 7.76. The zero-order valence-electron chi connectivity index (χ0n) is 13.6. The zero-order valence-corrected chi connectivity index (χ0v) is 14.5. The van der Waals surface area contributed by atoms with Gasteiger partial charge in [-0.1, -0.05) is 24.3 Å². The molecule has 0 spiro atoms. The summed E-state index contributed by atoms with van der Waals surface area (Å²) < 4.78 is 0. The summed E-state index contributed by atoms with van der Waals surface area (Å²) in [6, 6.07) is 10.3. The Labute approximate surface area is 143 Å². The molecule has 1 aromatic carbocycles. The fraction of sp³-hybridized carbons (Fsp3) is 0.412. The van der Waals surface area contributed by atoms with Gasteiger partial charge in [-0.3, -0.25) is 0 Å². The van der Waals surface area contributed by atoms with Gasteiger partial charge in [0, 0.05) is 44.0 Å². The van der Waals surface area contributed by atoms with Crippen LogP contribution in [0.15, 0.2) is 36.5 Å². The summed E-state index contributed by atoms with van der Waals surface area (Å²) in [7, 11) is 2.15. The van der Waals surface area contributed by atoms with Gasteiger partial charge in [0.15, 0.2) is 0 Å². The first-order valence-corrected chi connectivity index (χ1v) is 7.76. The number of benzene rings is 1. The molecule has 3 rings (SSSR count). The third-order valence-electron chi connectivity index (χ3n) is 4.16. The van der Waals surface area contributed by atoms with Gasteiger partial charge < -0.3 is 15.5 Å². The minimum absolute atomic E-state index is 0. The number of hydrogen-bond donors (Lipinski definition) is 1. The number of aromatic nitrogens is 2. The van der Waals surface area contributed by atoms with Crippen LogP contribution in [0.3, 0.4) is 0 Å². The second-order valence-corrected chi connectivity index (χ2v) is 5.94. The van der Waals surface area contributed by atoms with Crippen molar-refractivity contribution in [2.75, 3.05) is 38.1 Å². The Kier molecular flexibility index (Phi) is 5.93. The molecular formula is C17H24ClN5. The summed E-state index contributed by atoms with van der Waals surface area (Å²) in [6.07, 6.45) is 1.84. The number of piperazine rings is 1. The number of halogens is 1. The number of rotatable bonds is 3. The molecule has 0 amide bonds. The standard InChI is InChI=1S/C17H23N5.ClH/c1-13(18)14-3-5-15(6-4-14)16-7-8-19-17(20-16)22-11-9-21(2)10-12-22;/h3-8,13H,9-12,18H2,1-2H3;1H. The molecule has 1 aromatic heterocycles. The lowest BCUT2D eigenvalue weighted by molar-refractivity contribution is 0.311. The van der Waals surface area contributed by atoms with Crippen molar-refractivity contribution in [2.45, 2.75) is 13.0 Å². The fourth-order valence-electron chi connectivity index (χ4n) is 2.63. The predicted octanol–water partition coefficient (Wildman–Crippen LogP) is 2.34. The van der Waals surface area contributed by atoms with Crippen molar-refractivity contribution in [1.29, 1.82) is 0 Å². The number of nitrogens with zero attached hydrogens (tertiary/aromatic N) is 4. The quantitative estimate of drug-likeness (QED) is 0.934. The van der Waals surface area contributed by atoms with Gasteiger partial charge in [0.2, 0.25) is 5.95 Å². The minimum Gasteiger partial charge on any atom is -0.338 e. The van der Waals surface area contributed by atoms with Crippen molar-refractivity contribution < 1.29 is 0 Å². The van der Waals surface area contributed by atoms with Gasteiger partial charge in [0.05, 0.1) is 5.69 Å². The van der Waals surface area contributed by atoms with Crippen molar-refractivity contribution in [3.8, 4) is 11.3 Å². The fourth-order valence-corrected chi connectivity index (χ4v) is 2.63. The highest BCUT2D eigenvalue weighted by molar-refractivity contribution is 5.85. The second-order valence-electron chi connectivity index (χ2n) is 5.94. The summed E-state index contributed by atoms with van der Waals surface area (Å²) >= 11 is 0. The van der Waals surface area contributed by atoms with Gasteiger partial charge in [-0.25, -0.2) is 9.97 Å². The SMILES string of the molecule is CC(N)c1ccc(-c2ccnc(N3CCN(C)CC3)n2)cc1.Cl. The van der Waals surface area contributed by atoms with Gasteiger partial charge >= 0.3 is 0 Å². The average Bonchev–Trinajstić information content (AvgIpc) is 2.56. The Hall–Kier alpha value is -1.69. The van der Waals surface area contributed by atoms with E-state index in [0.29, 0.717) is 0 Å². The lowest BCUT2D eigenvalue weighted by atomic mass is 10.1. The third kappa shape index (κ3) is 4.19. The van der Waals surface area contributed by atoms with E-state index in [4.69, 9.17) is 10.7 Å². The molecule has 6 heteroatoms. The van der Waals surface area contributed by atoms with Crippen LogP contribution in [-0.2, 0) is 0 Å². The van der Waals surface area contributed by atoms with Crippen molar-refractivity contribution in [1.82, 2.24) is 14.9 Å². The van der Waals surface area contributed by atoms with E-state index in [1.807, 2.05) is 19.2 Å². The van der Waals surface area contributed by atoms with Gasteiger partial charge in [-0.15, -0.1) is 12.4 Å². The van der Waals surface area contributed by atoms with Crippen molar-refractivity contribution in [3.63, 3.8) is 0 Å². The lowest BCUT2D eigenvalue weighted by Gasteiger charge is -2.32. The lowest BCUT2D eigenvalue weighted by Crippen LogP contribution is -2.45. The van der Waals surface area contributed by atoms with Crippen LogP contribution >= 0.6 is 12.4 Å². The molecule has 1 saturated heterocycles. The van der Waals surface area contributed by atoms with Crippen LogP contribution in [0.25, 0.3) is 11.3 Å². The topological polar surface area (TPSA) is 58.3 Å². The molecule has 0 bridgehead atoms. The summed E-state index contributed by atoms with van der Waals surface area (Å²) in [5.74, 6) is 0.821. The molecule has 1 atom stereocenters. The number of anilines is 1. The molecule has 2 heterocycles. The van der Waals surface area contributed by atoms with E-state index < -0.39 is 0 Å². The summed E-state index contributed by atoms with van der Waals surface area (Å²) in [4.78, 5) is 13.7. The van der Waals surface area contributed by atoms with E-state index in [1.165, 1.54) is 0 Å². The van der Waals surface area contributed by atoms with E-state index in [-0.39, 0.29) is 18.4 Å². The van der Waals surface area contributed by atoms with E-state index in [2.05, 4.69) is 46.1 Å². The number of hydrogen-bond acceptors (Lipinski definition) is 5. The van der Waals surface area contributed by atoms with Gasteiger partial charge in [-0.05, 0) is 25.6 Å². The Balaban J connectivity index is 0.00000192. The van der Waals surface area contributed by atoms with Gasteiger partial charge in [-0.2, -0.15) is 0 Å². The number of nitrogens with two attached hydrogens (primary N) is 1. The maximum atomic E-state index is 5.90. The molecule has 5 nitrogen and oxygen atoms in total. The smallest absolute Gasteiger partial charge is 0.225 e. The molecule has 1 unspecified atom stereocenters. The van der Waals surface area contributed by atoms with Crippen LogP contribution in [0.2, 0.25) is 0 Å².